The number of halogens is 1. The highest BCUT2D eigenvalue weighted by molar-refractivity contribution is 6.30. The number of nitrogens with zero attached hydrogens (tertiary/aromatic N) is 1. The first-order valence-corrected chi connectivity index (χ1v) is 9.16. The lowest BCUT2D eigenvalue weighted by Gasteiger charge is -2.48. The van der Waals surface area contributed by atoms with Gasteiger partial charge in [0.1, 0.15) is 5.75 Å². The summed E-state index contributed by atoms with van der Waals surface area (Å²) in [5, 5.41) is 3.37. The Balaban J connectivity index is 1.72. The Morgan fingerprint density at radius 2 is 2.07 bits per heavy atom. The predicted octanol–water partition coefficient (Wildman–Crippen LogP) is 3.30. The molecule has 1 fully saturated rings. The van der Waals surface area contributed by atoms with E-state index < -0.39 is 17.2 Å². The maximum absolute atomic E-state index is 12.8. The van der Waals surface area contributed by atoms with Crippen molar-refractivity contribution in [2.75, 3.05) is 12.4 Å². The molecule has 3 unspecified atom stereocenters. The maximum Gasteiger partial charge on any atom is 0.231 e. The molecule has 0 saturated heterocycles. The van der Waals surface area contributed by atoms with Gasteiger partial charge in [0.05, 0.1) is 22.5 Å². The van der Waals surface area contributed by atoms with E-state index in [0.717, 1.165) is 5.56 Å². The van der Waals surface area contributed by atoms with Crippen LogP contribution in [0.5, 0.6) is 11.6 Å². The first kappa shape index (κ1) is 20.1. The van der Waals surface area contributed by atoms with E-state index in [9.17, 15) is 9.59 Å². The highest BCUT2D eigenvalue weighted by Crippen LogP contribution is 2.48. The molecule has 0 bridgehead atoms. The summed E-state index contributed by atoms with van der Waals surface area (Å²) in [5.74, 6) is -0.417. The lowest BCUT2D eigenvalue weighted by molar-refractivity contribution is -0.166. The Hall–Kier alpha value is -2.64. The molecule has 1 aliphatic rings. The molecule has 8 heteroatoms. The number of amides is 2. The van der Waals surface area contributed by atoms with E-state index in [-0.39, 0.29) is 12.0 Å². The van der Waals surface area contributed by atoms with Gasteiger partial charge in [-0.25, -0.2) is 4.98 Å². The van der Waals surface area contributed by atoms with Crippen molar-refractivity contribution in [1.29, 1.82) is 0 Å². The van der Waals surface area contributed by atoms with Gasteiger partial charge < -0.3 is 20.5 Å². The van der Waals surface area contributed by atoms with Crippen LogP contribution < -0.4 is 15.8 Å². The van der Waals surface area contributed by atoms with Crippen LogP contribution in [-0.2, 0) is 14.3 Å². The van der Waals surface area contributed by atoms with Gasteiger partial charge in [0.2, 0.25) is 17.7 Å². The van der Waals surface area contributed by atoms with Crippen LogP contribution in [0.3, 0.4) is 0 Å². The lowest BCUT2D eigenvalue weighted by atomic mass is 9.58. The summed E-state index contributed by atoms with van der Waals surface area (Å²) < 4.78 is 11.1. The third kappa shape index (κ3) is 3.81. The predicted molar refractivity (Wildman–Crippen MR) is 105 cm³/mol. The summed E-state index contributed by atoms with van der Waals surface area (Å²) in [5.41, 5.74) is 5.98. The number of ether oxygens (including phenoxy) is 2. The summed E-state index contributed by atoms with van der Waals surface area (Å²) >= 11 is 5.82. The van der Waals surface area contributed by atoms with Gasteiger partial charge in [0, 0.05) is 25.1 Å². The zero-order chi connectivity index (χ0) is 20.5. The number of methoxy groups -OCH3 is 1. The molecule has 3 rings (SSSR count). The normalized spacial score (nSPS) is 23.6. The molecule has 0 spiro atoms. The topological polar surface area (TPSA) is 104 Å². The summed E-state index contributed by atoms with van der Waals surface area (Å²) in [6, 6.07) is 8.60. The molecule has 28 heavy (non-hydrogen) atoms. The van der Waals surface area contributed by atoms with E-state index in [1.54, 1.807) is 37.3 Å². The Bertz CT molecular complexity index is 903. The lowest BCUT2D eigenvalue weighted by Crippen LogP contribution is -2.61. The molecular formula is C20H22ClN3O4. The zero-order valence-corrected chi connectivity index (χ0v) is 16.6. The van der Waals surface area contributed by atoms with Crippen molar-refractivity contribution in [2.45, 2.75) is 26.4 Å². The van der Waals surface area contributed by atoms with E-state index in [0.29, 0.717) is 28.8 Å². The second-order valence-electron chi connectivity index (χ2n) is 7.12. The third-order valence-electron chi connectivity index (χ3n) is 5.19. The van der Waals surface area contributed by atoms with Gasteiger partial charge in [0.25, 0.3) is 0 Å². The Labute approximate surface area is 168 Å². The second-order valence-corrected chi connectivity index (χ2v) is 7.56. The molecule has 1 aromatic carbocycles. The number of rotatable bonds is 6. The summed E-state index contributed by atoms with van der Waals surface area (Å²) in [7, 11) is 1.52. The smallest absolute Gasteiger partial charge is 0.231 e. The molecule has 7 nitrogen and oxygen atoms in total. The van der Waals surface area contributed by atoms with Crippen LogP contribution in [0.2, 0.25) is 5.02 Å². The molecule has 2 aromatic rings. The standard InChI is InChI=1S/C20H22ClN3O4/c1-11-8-13(5-6-14(11)28-16-7-4-12(21)10-23-16)24-18(25)17-15(27-3)9-20(17,2)19(22)26/h4-8,10,15,17H,9H2,1-3H3,(H2,22,26)(H,24,25). The van der Waals surface area contributed by atoms with E-state index in [1.807, 2.05) is 6.92 Å². The number of aromatic nitrogens is 1. The average molecular weight is 404 g/mol. The Morgan fingerprint density at radius 1 is 1.32 bits per heavy atom. The van der Waals surface area contributed by atoms with Gasteiger partial charge in [-0.15, -0.1) is 0 Å². The highest BCUT2D eigenvalue weighted by Gasteiger charge is 2.58. The fourth-order valence-corrected chi connectivity index (χ4v) is 3.55. The van der Waals surface area contributed by atoms with Crippen LogP contribution in [0.4, 0.5) is 5.69 Å². The molecule has 1 aliphatic carbocycles. The van der Waals surface area contributed by atoms with Crippen LogP contribution in [0.15, 0.2) is 36.5 Å². The molecule has 2 amide bonds. The molecule has 3 N–H and O–H groups in total. The van der Waals surface area contributed by atoms with E-state index in [1.165, 1.54) is 13.3 Å². The number of aryl methyl sites for hydroxylation is 1. The first-order chi connectivity index (χ1) is 13.2. The maximum atomic E-state index is 12.8. The van der Waals surface area contributed by atoms with Crippen molar-refractivity contribution >= 4 is 29.1 Å². The van der Waals surface area contributed by atoms with Crippen molar-refractivity contribution in [3.8, 4) is 11.6 Å². The largest absolute Gasteiger partial charge is 0.439 e. The number of anilines is 1. The summed E-state index contributed by atoms with van der Waals surface area (Å²) in [6.45, 7) is 3.55. The molecule has 3 atom stereocenters. The van der Waals surface area contributed by atoms with Gasteiger partial charge in [-0.2, -0.15) is 0 Å². The molecular weight excluding hydrogens is 382 g/mol. The monoisotopic (exact) mass is 403 g/mol. The number of carbonyl (C=O) groups is 2. The summed E-state index contributed by atoms with van der Waals surface area (Å²) in [4.78, 5) is 28.6. The van der Waals surface area contributed by atoms with Crippen molar-refractivity contribution in [3.63, 3.8) is 0 Å². The fourth-order valence-electron chi connectivity index (χ4n) is 3.44. The third-order valence-corrected chi connectivity index (χ3v) is 5.41. The minimum atomic E-state index is -0.914. The molecule has 0 radical (unpaired) electrons. The van der Waals surface area contributed by atoms with Crippen LogP contribution in [0, 0.1) is 18.3 Å². The van der Waals surface area contributed by atoms with E-state index >= 15 is 0 Å². The number of nitrogens with one attached hydrogen (secondary N) is 1. The second kappa shape index (κ2) is 7.77. The van der Waals surface area contributed by atoms with Crippen molar-refractivity contribution in [2.24, 2.45) is 17.1 Å². The minimum Gasteiger partial charge on any atom is -0.439 e. The number of primary amides is 1. The summed E-state index contributed by atoms with van der Waals surface area (Å²) in [6.07, 6.45) is 1.59. The van der Waals surface area contributed by atoms with Crippen LogP contribution >= 0.6 is 11.6 Å². The molecule has 1 aromatic heterocycles. The molecule has 1 heterocycles. The minimum absolute atomic E-state index is 0.299. The van der Waals surface area contributed by atoms with Crippen molar-refractivity contribution < 1.29 is 19.1 Å². The van der Waals surface area contributed by atoms with Crippen molar-refractivity contribution in [3.05, 3.63) is 47.1 Å². The van der Waals surface area contributed by atoms with E-state index in [4.69, 9.17) is 26.8 Å². The number of hydrogen-bond acceptors (Lipinski definition) is 5. The Morgan fingerprint density at radius 3 is 2.64 bits per heavy atom. The van der Waals surface area contributed by atoms with Gasteiger partial charge in [-0.1, -0.05) is 11.6 Å². The van der Waals surface area contributed by atoms with Gasteiger partial charge in [0.15, 0.2) is 0 Å². The Kier molecular flexibility index (Phi) is 5.58. The van der Waals surface area contributed by atoms with Crippen LogP contribution in [0.1, 0.15) is 18.9 Å². The number of benzene rings is 1. The van der Waals surface area contributed by atoms with Gasteiger partial charge in [-0.05, 0) is 50.1 Å². The van der Waals surface area contributed by atoms with Crippen LogP contribution in [0.25, 0.3) is 0 Å². The number of hydrogen-bond donors (Lipinski definition) is 2. The average Bonchev–Trinajstić information content (AvgIpc) is 2.63. The SMILES string of the molecule is COC1CC(C)(C(N)=O)C1C(=O)Nc1ccc(Oc2ccc(Cl)cn2)c(C)c1. The number of pyridine rings is 1. The van der Waals surface area contributed by atoms with Crippen molar-refractivity contribution in [1.82, 2.24) is 4.98 Å². The molecule has 148 valence electrons. The quantitative estimate of drug-likeness (QED) is 0.770. The van der Waals surface area contributed by atoms with Gasteiger partial charge in [-0.3, -0.25) is 9.59 Å². The van der Waals surface area contributed by atoms with Crippen LogP contribution in [-0.4, -0.2) is 30.0 Å². The zero-order valence-electron chi connectivity index (χ0n) is 15.9. The first-order valence-electron chi connectivity index (χ1n) is 8.78. The van der Waals surface area contributed by atoms with E-state index in [2.05, 4.69) is 10.3 Å². The fraction of sp³-hybridized carbons (Fsp3) is 0.350. The molecule has 0 aliphatic heterocycles. The molecule has 1 saturated carbocycles. The number of carbonyl (C=O) groups excluding carboxylic acids is 2. The van der Waals surface area contributed by atoms with Gasteiger partial charge >= 0.3 is 0 Å². The highest BCUT2D eigenvalue weighted by atomic mass is 35.5. The number of nitrogens with two attached hydrogens (primary N) is 1.